The largest absolute Gasteiger partial charge is 0.494 e. The summed E-state index contributed by atoms with van der Waals surface area (Å²) >= 11 is 0. The number of esters is 2. The van der Waals surface area contributed by atoms with E-state index in [2.05, 4.69) is 25.6 Å². The second-order valence-corrected chi connectivity index (χ2v) is 14.3. The normalized spacial score (nSPS) is 16.2. The Morgan fingerprint density at radius 2 is 1.43 bits per heavy atom. The lowest BCUT2D eigenvalue weighted by Crippen LogP contribution is -2.13. The van der Waals surface area contributed by atoms with E-state index >= 15 is 0 Å². The van der Waals surface area contributed by atoms with Gasteiger partial charge in [-0.1, -0.05) is 57.7 Å². The van der Waals surface area contributed by atoms with Gasteiger partial charge in [-0.2, -0.15) is 0 Å². The van der Waals surface area contributed by atoms with Crippen molar-refractivity contribution in [1.29, 1.82) is 0 Å². The molecule has 0 aromatic heterocycles. The predicted molar refractivity (Wildman–Crippen MR) is 193 cm³/mol. The molecule has 0 bridgehead atoms. The Kier molecular flexibility index (Phi) is 18.5. The number of allylic oxidation sites excluding steroid dienone is 1. The average Bonchev–Trinajstić information content (AvgIpc) is 3.08. The van der Waals surface area contributed by atoms with Crippen molar-refractivity contribution in [3.05, 3.63) is 71.8 Å². The minimum atomic E-state index is -0.370. The van der Waals surface area contributed by atoms with Crippen molar-refractivity contribution < 1.29 is 28.6 Å². The van der Waals surface area contributed by atoms with Crippen molar-refractivity contribution in [2.45, 2.75) is 122 Å². The Morgan fingerprint density at radius 1 is 0.766 bits per heavy atom. The van der Waals surface area contributed by atoms with E-state index in [9.17, 15) is 14.4 Å². The first-order valence-corrected chi connectivity index (χ1v) is 19.2. The second-order valence-electron chi connectivity index (χ2n) is 13.0. The molecule has 6 nitrogen and oxygen atoms in total. The summed E-state index contributed by atoms with van der Waals surface area (Å²) in [6.07, 6.45) is 18.3. The molecular formula is C40H57O6P. The topological polar surface area (TPSA) is 78.9 Å². The highest BCUT2D eigenvalue weighted by atomic mass is 31.1. The minimum Gasteiger partial charge on any atom is -0.494 e. The standard InChI is InChI=1S/C40H57O6P/c1-4-5-9-14-32-16-18-33(19-17-32)34-20-26-37(27-21-34)46-39(42)35-22-24-36(25-23-35)44-28-11-6-7-12-29-45-38(41)15-10-8-13-30-47-40(43)31(2)3/h20-27,32-33,47H,2,4-19,28-30H2,1,3H3. The van der Waals surface area contributed by atoms with Crippen molar-refractivity contribution in [1.82, 2.24) is 0 Å². The SMILES string of the molecule is C=C(C)C(=O)PCCCCCC(=O)OCCCCCCOc1ccc(C(=O)Oc2ccc(C3CCC(CCCCC)CC3)cc2)cc1. The van der Waals surface area contributed by atoms with Crippen LogP contribution in [0, 0.1) is 5.92 Å². The molecule has 0 heterocycles. The average molecular weight is 665 g/mol. The van der Waals surface area contributed by atoms with Gasteiger partial charge in [-0.25, -0.2) is 4.79 Å². The summed E-state index contributed by atoms with van der Waals surface area (Å²) in [7, 11) is 0.296. The number of ether oxygens (including phenoxy) is 3. The summed E-state index contributed by atoms with van der Waals surface area (Å²) in [5.41, 5.74) is 2.63. The molecule has 0 amide bonds. The number of carbonyl (C=O) groups is 3. The molecule has 0 saturated heterocycles. The maximum absolute atomic E-state index is 12.7. The first-order chi connectivity index (χ1) is 22.9. The number of carbonyl (C=O) groups excluding carboxylic acids is 3. The fraction of sp³-hybridized carbons (Fsp3) is 0.575. The molecule has 0 aliphatic heterocycles. The molecule has 0 N–H and O–H groups in total. The molecule has 0 spiro atoms. The lowest BCUT2D eigenvalue weighted by Gasteiger charge is -2.29. The molecule has 1 saturated carbocycles. The Hall–Kier alpha value is -2.98. The molecule has 2 aromatic rings. The highest BCUT2D eigenvalue weighted by molar-refractivity contribution is 7.58. The summed E-state index contributed by atoms with van der Waals surface area (Å²) in [4.78, 5) is 36.1. The van der Waals surface area contributed by atoms with E-state index < -0.39 is 0 Å². The van der Waals surface area contributed by atoms with Crippen LogP contribution in [0.3, 0.4) is 0 Å². The second kappa shape index (κ2) is 22.6. The summed E-state index contributed by atoms with van der Waals surface area (Å²) in [6, 6.07) is 15.2. The van der Waals surface area contributed by atoms with Crippen molar-refractivity contribution >= 4 is 26.0 Å². The first-order valence-electron chi connectivity index (χ1n) is 18.0. The van der Waals surface area contributed by atoms with Crippen LogP contribution >= 0.6 is 8.58 Å². The molecule has 1 unspecified atom stereocenters. The third-order valence-electron chi connectivity index (χ3n) is 9.02. The number of rotatable bonds is 23. The van der Waals surface area contributed by atoms with Crippen LogP contribution in [0.25, 0.3) is 0 Å². The highest BCUT2D eigenvalue weighted by Crippen LogP contribution is 2.38. The van der Waals surface area contributed by atoms with Crippen LogP contribution in [-0.2, 0) is 14.3 Å². The third kappa shape index (κ3) is 15.6. The van der Waals surface area contributed by atoms with Gasteiger partial charge in [-0.15, -0.1) is 0 Å². The fourth-order valence-corrected chi connectivity index (χ4v) is 7.01. The van der Waals surface area contributed by atoms with Crippen LogP contribution in [0.5, 0.6) is 11.5 Å². The Balaban J connectivity index is 1.21. The van der Waals surface area contributed by atoms with E-state index in [0.29, 0.717) is 51.0 Å². The van der Waals surface area contributed by atoms with Gasteiger partial charge in [-0.3, -0.25) is 9.59 Å². The molecule has 1 fully saturated rings. The van der Waals surface area contributed by atoms with Crippen molar-refractivity contribution in [3.63, 3.8) is 0 Å². The zero-order valence-electron chi connectivity index (χ0n) is 28.9. The van der Waals surface area contributed by atoms with Gasteiger partial charge in [0.15, 0.2) is 5.52 Å². The highest BCUT2D eigenvalue weighted by Gasteiger charge is 2.22. The maximum atomic E-state index is 12.7. The van der Waals surface area contributed by atoms with Crippen LogP contribution in [0.4, 0.5) is 0 Å². The Labute approximate surface area is 285 Å². The zero-order chi connectivity index (χ0) is 33.7. The van der Waals surface area contributed by atoms with Gasteiger partial charge in [0.2, 0.25) is 0 Å². The van der Waals surface area contributed by atoms with Gasteiger partial charge in [0.25, 0.3) is 0 Å². The lowest BCUT2D eigenvalue weighted by atomic mass is 9.77. The van der Waals surface area contributed by atoms with Crippen molar-refractivity contribution in [3.8, 4) is 11.5 Å². The summed E-state index contributed by atoms with van der Waals surface area (Å²) < 4.78 is 16.8. The molecule has 2 aromatic carbocycles. The van der Waals surface area contributed by atoms with E-state index in [-0.39, 0.29) is 17.5 Å². The minimum absolute atomic E-state index is 0.139. The Bertz CT molecular complexity index is 1210. The molecule has 1 aliphatic carbocycles. The van der Waals surface area contributed by atoms with Crippen LogP contribution in [0.1, 0.15) is 138 Å². The van der Waals surface area contributed by atoms with E-state index in [1.165, 1.54) is 56.9 Å². The molecule has 258 valence electrons. The molecule has 1 aliphatic rings. The zero-order valence-corrected chi connectivity index (χ0v) is 29.9. The van der Waals surface area contributed by atoms with Gasteiger partial charge in [0, 0.05) is 6.42 Å². The Morgan fingerprint density at radius 3 is 2.11 bits per heavy atom. The van der Waals surface area contributed by atoms with Gasteiger partial charge in [0.05, 0.1) is 18.8 Å². The van der Waals surface area contributed by atoms with Crippen molar-refractivity contribution in [2.75, 3.05) is 19.4 Å². The smallest absolute Gasteiger partial charge is 0.343 e. The van der Waals surface area contributed by atoms with Gasteiger partial charge < -0.3 is 14.2 Å². The van der Waals surface area contributed by atoms with Crippen LogP contribution in [0.2, 0.25) is 0 Å². The van der Waals surface area contributed by atoms with E-state index in [1.807, 2.05) is 12.1 Å². The van der Waals surface area contributed by atoms with Gasteiger partial charge in [0.1, 0.15) is 11.5 Å². The van der Waals surface area contributed by atoms with E-state index in [0.717, 1.165) is 62.8 Å². The summed E-state index contributed by atoms with van der Waals surface area (Å²) in [5.74, 6) is 2.30. The predicted octanol–water partition coefficient (Wildman–Crippen LogP) is 10.6. The number of benzene rings is 2. The first kappa shape index (κ1) is 38.5. The van der Waals surface area contributed by atoms with Crippen LogP contribution in [-0.4, -0.2) is 36.8 Å². The molecule has 1 atom stereocenters. The van der Waals surface area contributed by atoms with E-state index in [1.54, 1.807) is 31.2 Å². The van der Waals surface area contributed by atoms with Crippen LogP contribution < -0.4 is 9.47 Å². The quantitative estimate of drug-likeness (QED) is 0.0387. The van der Waals surface area contributed by atoms with Crippen LogP contribution in [0.15, 0.2) is 60.7 Å². The number of hydrogen-bond acceptors (Lipinski definition) is 6. The summed E-state index contributed by atoms with van der Waals surface area (Å²) in [6.45, 7) is 8.74. The molecule has 47 heavy (non-hydrogen) atoms. The molecule has 0 radical (unpaired) electrons. The van der Waals surface area contributed by atoms with Gasteiger partial charge >= 0.3 is 11.9 Å². The molecule has 7 heteroatoms. The third-order valence-corrected chi connectivity index (χ3v) is 10.4. The van der Waals surface area contributed by atoms with Gasteiger partial charge in [-0.05, 0) is 145 Å². The monoisotopic (exact) mass is 664 g/mol. The molecule has 3 rings (SSSR count). The fourth-order valence-electron chi connectivity index (χ4n) is 6.06. The number of unbranched alkanes of at least 4 members (excludes halogenated alkanes) is 7. The van der Waals surface area contributed by atoms with E-state index in [4.69, 9.17) is 14.2 Å². The van der Waals surface area contributed by atoms with Crippen molar-refractivity contribution in [2.24, 2.45) is 5.92 Å². The number of hydrogen-bond donors (Lipinski definition) is 0. The lowest BCUT2D eigenvalue weighted by molar-refractivity contribution is -0.143. The summed E-state index contributed by atoms with van der Waals surface area (Å²) in [5, 5.41) is 0. The maximum Gasteiger partial charge on any atom is 0.343 e. The molecular weight excluding hydrogens is 607 g/mol.